The molecule has 4 nitrogen and oxygen atoms in total. The first-order valence-electron chi connectivity index (χ1n) is 8.40. The van der Waals surface area contributed by atoms with E-state index in [2.05, 4.69) is 34.4 Å². The van der Waals surface area contributed by atoms with E-state index >= 15 is 0 Å². The number of H-pyrrole nitrogens is 1. The van der Waals surface area contributed by atoms with Gasteiger partial charge >= 0.3 is 0 Å². The quantitative estimate of drug-likeness (QED) is 0.759. The van der Waals surface area contributed by atoms with E-state index < -0.39 is 0 Å². The number of hydrogen-bond acceptors (Lipinski definition) is 3. The predicted molar refractivity (Wildman–Crippen MR) is 98.1 cm³/mol. The molecule has 1 aromatic carbocycles. The second-order valence-electron chi connectivity index (χ2n) is 6.37. The maximum absolute atomic E-state index is 13.8. The van der Waals surface area contributed by atoms with Crippen LogP contribution in [-0.2, 0) is 0 Å². The van der Waals surface area contributed by atoms with E-state index in [1.54, 1.807) is 19.4 Å². The topological polar surface area (TPSA) is 49.9 Å². The third kappa shape index (κ3) is 2.81. The Labute approximate surface area is 145 Å². The predicted octanol–water partition coefficient (Wildman–Crippen LogP) is 4.00. The zero-order valence-electron chi connectivity index (χ0n) is 14.3. The average molecular weight is 337 g/mol. The zero-order valence-corrected chi connectivity index (χ0v) is 14.3. The molecule has 1 atom stereocenters. The van der Waals surface area contributed by atoms with E-state index in [-0.39, 0.29) is 5.82 Å². The highest BCUT2D eigenvalue weighted by Crippen LogP contribution is 2.36. The molecule has 5 heteroatoms. The van der Waals surface area contributed by atoms with Crippen LogP contribution in [-0.4, -0.2) is 30.2 Å². The summed E-state index contributed by atoms with van der Waals surface area (Å²) in [6.07, 6.45) is 3.95. The van der Waals surface area contributed by atoms with Crippen molar-refractivity contribution in [3.05, 3.63) is 54.1 Å². The van der Waals surface area contributed by atoms with Crippen LogP contribution in [0.25, 0.3) is 27.7 Å². The Morgan fingerprint density at radius 2 is 2.08 bits per heavy atom. The molecule has 0 spiro atoms. The molecular formula is C20H20FN3O. The molecule has 1 aliphatic heterocycles. The molecule has 3 heterocycles. The molecule has 3 aromatic rings. The van der Waals surface area contributed by atoms with Crippen molar-refractivity contribution in [3.63, 3.8) is 0 Å². The number of ether oxygens (including phenoxy) is 1. The summed E-state index contributed by atoms with van der Waals surface area (Å²) in [5.74, 6) is 0.784. The van der Waals surface area contributed by atoms with Crippen LogP contribution in [0.3, 0.4) is 0 Å². The van der Waals surface area contributed by atoms with E-state index in [0.29, 0.717) is 11.7 Å². The summed E-state index contributed by atoms with van der Waals surface area (Å²) in [4.78, 5) is 7.87. The maximum atomic E-state index is 13.8. The SMILES string of the molecule is COc1ccc(F)cc1-c1ccnc2[nH]c(C3=CCNCC3C)cc12. The van der Waals surface area contributed by atoms with Gasteiger partial charge in [-0.3, -0.25) is 0 Å². The van der Waals surface area contributed by atoms with Gasteiger partial charge in [0.05, 0.1) is 7.11 Å². The molecule has 1 unspecified atom stereocenters. The Balaban J connectivity index is 1.89. The third-order valence-electron chi connectivity index (χ3n) is 4.74. The molecule has 0 aliphatic carbocycles. The van der Waals surface area contributed by atoms with Crippen molar-refractivity contribution in [1.82, 2.24) is 15.3 Å². The van der Waals surface area contributed by atoms with Gasteiger partial charge in [-0.1, -0.05) is 13.0 Å². The van der Waals surface area contributed by atoms with Crippen LogP contribution in [0.5, 0.6) is 5.75 Å². The fourth-order valence-electron chi connectivity index (χ4n) is 3.48. The van der Waals surface area contributed by atoms with Crippen LogP contribution in [0.4, 0.5) is 4.39 Å². The minimum absolute atomic E-state index is 0.286. The van der Waals surface area contributed by atoms with Gasteiger partial charge in [0, 0.05) is 35.9 Å². The van der Waals surface area contributed by atoms with Crippen LogP contribution in [0, 0.1) is 11.7 Å². The fourth-order valence-corrected chi connectivity index (χ4v) is 3.48. The lowest BCUT2D eigenvalue weighted by atomic mass is 9.94. The van der Waals surface area contributed by atoms with Crippen molar-refractivity contribution in [2.24, 2.45) is 5.92 Å². The highest BCUT2D eigenvalue weighted by Gasteiger charge is 2.18. The maximum Gasteiger partial charge on any atom is 0.138 e. The standard InChI is InChI=1S/C20H20FN3O/c1-12-11-22-7-5-14(12)18-10-17-15(6-8-23-20(17)24-18)16-9-13(21)3-4-19(16)25-2/h3-6,8-10,12,22H,7,11H2,1-2H3,(H,23,24). The first-order chi connectivity index (χ1) is 12.2. The second kappa shape index (κ2) is 6.33. The molecule has 25 heavy (non-hydrogen) atoms. The molecule has 2 N–H and O–H groups in total. The molecule has 0 amide bonds. The fraction of sp³-hybridized carbons (Fsp3) is 0.250. The van der Waals surface area contributed by atoms with Crippen LogP contribution in [0.15, 0.2) is 42.6 Å². The Morgan fingerprint density at radius 3 is 2.88 bits per heavy atom. The number of pyridine rings is 1. The molecule has 1 aliphatic rings. The Morgan fingerprint density at radius 1 is 1.20 bits per heavy atom. The normalized spacial score (nSPS) is 17.6. The first-order valence-corrected chi connectivity index (χ1v) is 8.40. The lowest BCUT2D eigenvalue weighted by molar-refractivity contribution is 0.415. The van der Waals surface area contributed by atoms with Crippen molar-refractivity contribution >= 4 is 16.6 Å². The van der Waals surface area contributed by atoms with E-state index in [0.717, 1.165) is 40.9 Å². The number of aromatic amines is 1. The lowest BCUT2D eigenvalue weighted by Gasteiger charge is -2.20. The molecule has 0 bridgehead atoms. The van der Waals surface area contributed by atoms with Crippen LogP contribution >= 0.6 is 0 Å². The molecule has 4 rings (SSSR count). The Bertz CT molecular complexity index is 961. The van der Waals surface area contributed by atoms with Gasteiger partial charge < -0.3 is 15.0 Å². The van der Waals surface area contributed by atoms with E-state index in [9.17, 15) is 4.39 Å². The highest BCUT2D eigenvalue weighted by molar-refractivity contribution is 5.96. The number of nitrogens with one attached hydrogen (secondary N) is 2. The summed E-state index contributed by atoms with van der Waals surface area (Å²) in [5.41, 5.74) is 4.79. The van der Waals surface area contributed by atoms with Gasteiger partial charge in [0.15, 0.2) is 0 Å². The van der Waals surface area contributed by atoms with Gasteiger partial charge in [-0.15, -0.1) is 0 Å². The molecule has 0 radical (unpaired) electrons. The summed E-state index contributed by atoms with van der Waals surface area (Å²) in [6, 6.07) is 8.58. The zero-order chi connectivity index (χ0) is 17.4. The second-order valence-corrected chi connectivity index (χ2v) is 6.37. The van der Waals surface area contributed by atoms with Crippen molar-refractivity contribution in [1.29, 1.82) is 0 Å². The van der Waals surface area contributed by atoms with Crippen LogP contribution in [0.2, 0.25) is 0 Å². The highest BCUT2D eigenvalue weighted by atomic mass is 19.1. The molecule has 128 valence electrons. The van der Waals surface area contributed by atoms with Gasteiger partial charge in [0.25, 0.3) is 0 Å². The largest absolute Gasteiger partial charge is 0.496 e. The molecule has 0 saturated carbocycles. The minimum Gasteiger partial charge on any atom is -0.496 e. The Hall–Kier alpha value is -2.66. The van der Waals surface area contributed by atoms with E-state index in [1.165, 1.54) is 17.7 Å². The van der Waals surface area contributed by atoms with Gasteiger partial charge in [-0.2, -0.15) is 0 Å². The van der Waals surface area contributed by atoms with Crippen LogP contribution < -0.4 is 10.1 Å². The third-order valence-corrected chi connectivity index (χ3v) is 4.74. The van der Waals surface area contributed by atoms with E-state index in [1.807, 2.05) is 6.07 Å². The van der Waals surface area contributed by atoms with Crippen molar-refractivity contribution in [2.75, 3.05) is 20.2 Å². The van der Waals surface area contributed by atoms with Gasteiger partial charge in [-0.25, -0.2) is 9.37 Å². The number of aromatic nitrogens is 2. The number of benzene rings is 1. The minimum atomic E-state index is -0.286. The van der Waals surface area contributed by atoms with Crippen LogP contribution in [0.1, 0.15) is 12.6 Å². The van der Waals surface area contributed by atoms with Gasteiger partial charge in [0.1, 0.15) is 17.2 Å². The molecule has 0 fully saturated rings. The summed E-state index contributed by atoms with van der Waals surface area (Å²) in [6.45, 7) is 4.03. The molecule has 0 saturated heterocycles. The lowest BCUT2D eigenvalue weighted by Crippen LogP contribution is -2.27. The summed E-state index contributed by atoms with van der Waals surface area (Å²) in [5, 5.41) is 4.33. The average Bonchev–Trinajstić information content (AvgIpc) is 3.06. The Kier molecular flexibility index (Phi) is 4.01. The number of fused-ring (bicyclic) bond motifs is 1. The number of hydrogen-bond donors (Lipinski definition) is 2. The van der Waals surface area contributed by atoms with Crippen molar-refractivity contribution in [2.45, 2.75) is 6.92 Å². The monoisotopic (exact) mass is 337 g/mol. The number of rotatable bonds is 3. The van der Waals surface area contributed by atoms with Crippen molar-refractivity contribution in [3.8, 4) is 16.9 Å². The van der Waals surface area contributed by atoms with Crippen molar-refractivity contribution < 1.29 is 9.13 Å². The smallest absolute Gasteiger partial charge is 0.138 e. The number of methoxy groups -OCH3 is 1. The first kappa shape index (κ1) is 15.8. The number of nitrogens with zero attached hydrogens (tertiary/aromatic N) is 1. The number of halogens is 1. The summed E-state index contributed by atoms with van der Waals surface area (Å²) in [7, 11) is 1.60. The summed E-state index contributed by atoms with van der Waals surface area (Å²) < 4.78 is 19.2. The van der Waals surface area contributed by atoms with Gasteiger partial charge in [-0.05, 0) is 47.4 Å². The molecule has 2 aromatic heterocycles. The molecular weight excluding hydrogens is 317 g/mol. The van der Waals surface area contributed by atoms with Gasteiger partial charge in [0.2, 0.25) is 0 Å². The summed E-state index contributed by atoms with van der Waals surface area (Å²) >= 11 is 0. The van der Waals surface area contributed by atoms with E-state index in [4.69, 9.17) is 4.74 Å².